The lowest BCUT2D eigenvalue weighted by atomic mass is 9.95. The summed E-state index contributed by atoms with van der Waals surface area (Å²) in [5.41, 5.74) is -1.23. The topological polar surface area (TPSA) is 66.8 Å². The van der Waals surface area contributed by atoms with Crippen molar-refractivity contribution in [3.8, 4) is 11.5 Å². The Morgan fingerprint density at radius 3 is 2.59 bits per heavy atom. The molecule has 0 bridgehead atoms. The van der Waals surface area contributed by atoms with Crippen molar-refractivity contribution >= 4 is 21.9 Å². The van der Waals surface area contributed by atoms with Gasteiger partial charge in [-0.15, -0.1) is 0 Å². The highest BCUT2D eigenvalue weighted by atomic mass is 79.9. The first-order valence-electron chi connectivity index (χ1n) is 4.93. The highest BCUT2D eigenvalue weighted by Gasteiger charge is 2.55. The van der Waals surface area contributed by atoms with Crippen molar-refractivity contribution < 1.29 is 24.1 Å². The van der Waals surface area contributed by atoms with Crippen LogP contribution in [0.15, 0.2) is 10.5 Å². The number of aliphatic carboxylic acids is 1. The Bertz CT molecular complexity index is 497. The first-order valence-corrected chi connectivity index (χ1v) is 5.72. The lowest BCUT2D eigenvalue weighted by Crippen LogP contribution is -2.21. The number of methoxy groups -OCH3 is 1. The summed E-state index contributed by atoms with van der Waals surface area (Å²) in [6, 6.07) is 0.998. The maximum Gasteiger partial charge on any atom is 0.314 e. The number of hydrogen-bond donors (Lipinski definition) is 2. The maximum atomic E-state index is 13.9. The number of carboxylic acid groups (broad SMARTS) is 1. The number of halogens is 2. The molecule has 1 saturated carbocycles. The second kappa shape index (κ2) is 3.87. The van der Waals surface area contributed by atoms with Crippen molar-refractivity contribution in [2.45, 2.75) is 18.3 Å². The fourth-order valence-electron chi connectivity index (χ4n) is 1.88. The molecule has 0 spiro atoms. The number of carboxylic acids is 1. The van der Waals surface area contributed by atoms with Gasteiger partial charge >= 0.3 is 5.97 Å². The van der Waals surface area contributed by atoms with Crippen LogP contribution in [0.25, 0.3) is 0 Å². The molecule has 2 rings (SSSR count). The van der Waals surface area contributed by atoms with Crippen LogP contribution >= 0.6 is 15.9 Å². The van der Waals surface area contributed by atoms with Gasteiger partial charge in [0.25, 0.3) is 0 Å². The minimum absolute atomic E-state index is 0.0108. The van der Waals surface area contributed by atoms with Gasteiger partial charge in [0.15, 0.2) is 11.5 Å². The minimum Gasteiger partial charge on any atom is -0.503 e. The number of aromatic hydroxyl groups is 1. The molecular formula is C11H10BrFO4. The Morgan fingerprint density at radius 1 is 1.59 bits per heavy atom. The van der Waals surface area contributed by atoms with Crippen LogP contribution in [0, 0.1) is 5.82 Å². The van der Waals surface area contributed by atoms with E-state index in [1.807, 2.05) is 0 Å². The average Bonchev–Trinajstić information content (AvgIpc) is 3.05. The smallest absolute Gasteiger partial charge is 0.314 e. The summed E-state index contributed by atoms with van der Waals surface area (Å²) in [6.45, 7) is 0. The van der Waals surface area contributed by atoms with Gasteiger partial charge < -0.3 is 14.9 Å². The standard InChI is InChI=1S/C11H10BrFO4/c1-17-6-4-5(13)7(8(12)9(6)14)11(2-3-11)10(15)16/h4,14H,2-3H2,1H3,(H,15,16). The molecule has 0 amide bonds. The molecule has 92 valence electrons. The SMILES string of the molecule is COc1cc(F)c(C2(C(=O)O)CC2)c(Br)c1O. The third-order valence-electron chi connectivity index (χ3n) is 3.02. The number of benzene rings is 1. The van der Waals surface area contributed by atoms with Crippen LogP contribution in [0.2, 0.25) is 0 Å². The van der Waals surface area contributed by atoms with Crippen LogP contribution in [-0.2, 0) is 10.2 Å². The maximum absolute atomic E-state index is 13.9. The quantitative estimate of drug-likeness (QED) is 0.900. The van der Waals surface area contributed by atoms with Crippen molar-refractivity contribution in [2.75, 3.05) is 7.11 Å². The highest BCUT2D eigenvalue weighted by molar-refractivity contribution is 9.10. The molecule has 0 aliphatic heterocycles. The van der Waals surface area contributed by atoms with E-state index in [1.54, 1.807) is 0 Å². The van der Waals surface area contributed by atoms with E-state index in [0.717, 1.165) is 6.07 Å². The zero-order valence-corrected chi connectivity index (χ0v) is 10.5. The number of rotatable bonds is 3. The van der Waals surface area contributed by atoms with E-state index in [0.29, 0.717) is 12.8 Å². The van der Waals surface area contributed by atoms with Gasteiger partial charge in [-0.2, -0.15) is 0 Å². The fraction of sp³-hybridized carbons (Fsp3) is 0.364. The normalized spacial score (nSPS) is 16.6. The number of ether oxygens (including phenoxy) is 1. The van der Waals surface area contributed by atoms with Crippen molar-refractivity contribution in [1.29, 1.82) is 0 Å². The van der Waals surface area contributed by atoms with Crippen molar-refractivity contribution in [3.63, 3.8) is 0 Å². The molecule has 2 N–H and O–H groups in total. The van der Waals surface area contributed by atoms with Gasteiger partial charge in [0.2, 0.25) is 0 Å². The van der Waals surface area contributed by atoms with Crippen LogP contribution in [0.4, 0.5) is 4.39 Å². The number of phenolic OH excluding ortho intramolecular Hbond substituents is 1. The van der Waals surface area contributed by atoms with E-state index in [2.05, 4.69) is 15.9 Å². The Labute approximate surface area is 105 Å². The first kappa shape index (κ1) is 12.2. The molecule has 1 fully saturated rings. The molecule has 1 aliphatic carbocycles. The van der Waals surface area contributed by atoms with Gasteiger partial charge in [-0.3, -0.25) is 4.79 Å². The van der Waals surface area contributed by atoms with Crippen LogP contribution in [-0.4, -0.2) is 23.3 Å². The number of carbonyl (C=O) groups is 1. The highest BCUT2D eigenvalue weighted by Crippen LogP contribution is 2.54. The molecule has 0 aromatic heterocycles. The van der Waals surface area contributed by atoms with Gasteiger partial charge in [-0.1, -0.05) is 0 Å². The minimum atomic E-state index is -1.22. The van der Waals surface area contributed by atoms with E-state index in [9.17, 15) is 14.3 Å². The summed E-state index contributed by atoms with van der Waals surface area (Å²) in [4.78, 5) is 11.2. The summed E-state index contributed by atoms with van der Waals surface area (Å²) in [7, 11) is 1.30. The second-order valence-electron chi connectivity index (χ2n) is 3.99. The van der Waals surface area contributed by atoms with Crippen molar-refractivity contribution in [1.82, 2.24) is 0 Å². The molecule has 0 atom stereocenters. The monoisotopic (exact) mass is 304 g/mol. The molecule has 4 nitrogen and oxygen atoms in total. The zero-order valence-electron chi connectivity index (χ0n) is 8.96. The number of hydrogen-bond acceptors (Lipinski definition) is 3. The van der Waals surface area contributed by atoms with Crippen molar-refractivity contribution in [3.05, 3.63) is 21.9 Å². The lowest BCUT2D eigenvalue weighted by molar-refractivity contribution is -0.140. The van der Waals surface area contributed by atoms with Crippen LogP contribution in [0.3, 0.4) is 0 Å². The molecule has 0 unspecified atom stereocenters. The van der Waals surface area contributed by atoms with Gasteiger partial charge in [-0.05, 0) is 28.8 Å². The lowest BCUT2D eigenvalue weighted by Gasteiger charge is -2.16. The largest absolute Gasteiger partial charge is 0.503 e. The summed E-state index contributed by atoms with van der Waals surface area (Å²) in [5.74, 6) is -2.08. The van der Waals surface area contributed by atoms with Gasteiger partial charge in [0.05, 0.1) is 17.0 Å². The molecule has 0 heterocycles. The Balaban J connectivity index is 2.64. The third-order valence-corrected chi connectivity index (χ3v) is 3.79. The van der Waals surface area contributed by atoms with Crippen LogP contribution in [0.5, 0.6) is 11.5 Å². The first-order chi connectivity index (χ1) is 7.94. The predicted octanol–water partition coefficient (Wildman–Crippen LogP) is 2.42. The van der Waals surface area contributed by atoms with Crippen molar-refractivity contribution in [2.24, 2.45) is 0 Å². The Hall–Kier alpha value is -1.30. The molecule has 1 aliphatic rings. The summed E-state index contributed by atoms with van der Waals surface area (Å²) in [6.07, 6.45) is 0.729. The predicted molar refractivity (Wildman–Crippen MR) is 60.9 cm³/mol. The van der Waals surface area contributed by atoms with Gasteiger partial charge in [0, 0.05) is 11.6 Å². The molecular weight excluding hydrogens is 295 g/mol. The number of phenols is 1. The van der Waals surface area contributed by atoms with E-state index in [-0.39, 0.29) is 21.5 Å². The van der Waals surface area contributed by atoms with E-state index >= 15 is 0 Å². The van der Waals surface area contributed by atoms with Gasteiger partial charge in [0.1, 0.15) is 5.82 Å². The Kier molecular flexibility index (Phi) is 2.77. The average molecular weight is 305 g/mol. The molecule has 17 heavy (non-hydrogen) atoms. The molecule has 1 aromatic rings. The summed E-state index contributed by atoms with van der Waals surface area (Å²) >= 11 is 3.03. The van der Waals surface area contributed by atoms with Crippen LogP contribution < -0.4 is 4.74 Å². The zero-order chi connectivity index (χ0) is 12.8. The summed E-state index contributed by atoms with van der Waals surface area (Å²) < 4.78 is 18.7. The van der Waals surface area contributed by atoms with E-state index in [4.69, 9.17) is 9.84 Å². The fourth-order valence-corrected chi connectivity index (χ4v) is 2.64. The van der Waals surface area contributed by atoms with Gasteiger partial charge in [-0.25, -0.2) is 4.39 Å². The molecule has 1 aromatic carbocycles. The molecule has 6 heteroatoms. The second-order valence-corrected chi connectivity index (χ2v) is 4.78. The molecule has 0 radical (unpaired) electrons. The van der Waals surface area contributed by atoms with E-state index < -0.39 is 17.2 Å². The van der Waals surface area contributed by atoms with E-state index in [1.165, 1.54) is 7.11 Å². The Morgan fingerprint density at radius 2 is 2.18 bits per heavy atom. The molecule has 0 saturated heterocycles. The van der Waals surface area contributed by atoms with Crippen LogP contribution in [0.1, 0.15) is 18.4 Å². The summed E-state index contributed by atoms with van der Waals surface area (Å²) in [5, 5.41) is 18.9. The third kappa shape index (κ3) is 1.67.